The van der Waals surface area contributed by atoms with Gasteiger partial charge in [-0.3, -0.25) is 0 Å². The van der Waals surface area contributed by atoms with Crippen molar-refractivity contribution in [1.29, 1.82) is 0 Å². The van der Waals surface area contributed by atoms with Gasteiger partial charge in [-0.05, 0) is 25.3 Å². The summed E-state index contributed by atoms with van der Waals surface area (Å²) in [4.78, 5) is 0. The van der Waals surface area contributed by atoms with Crippen LogP contribution in [0.5, 0.6) is 0 Å². The molecule has 0 bridgehead atoms. The van der Waals surface area contributed by atoms with E-state index in [9.17, 15) is 0 Å². The molecule has 0 saturated carbocycles. The van der Waals surface area contributed by atoms with E-state index < -0.39 is 0 Å². The molecule has 0 aromatic carbocycles. The van der Waals surface area contributed by atoms with Crippen LogP contribution in [-0.2, 0) is 0 Å². The fourth-order valence-corrected chi connectivity index (χ4v) is 1.10. The fraction of sp³-hybridized carbons (Fsp3) is 0.636. The molecule has 0 aliphatic carbocycles. The molecule has 1 atom stereocenters. The number of allylic oxidation sites excluding steroid dienone is 1. The van der Waals surface area contributed by atoms with E-state index in [2.05, 4.69) is 32.3 Å². The molecule has 0 aromatic rings. The summed E-state index contributed by atoms with van der Waals surface area (Å²) in [6, 6.07) is 0.569. The molecule has 0 spiro atoms. The highest BCUT2D eigenvalue weighted by molar-refractivity contribution is 5.21. The topological polar surface area (TPSA) is 12.0 Å². The molecule has 0 fully saturated rings. The maximum atomic E-state index is 3.91. The Kier molecular flexibility index (Phi) is 5.52. The minimum absolute atomic E-state index is 0.569. The van der Waals surface area contributed by atoms with Crippen molar-refractivity contribution in [2.75, 3.05) is 0 Å². The molecule has 0 radical (unpaired) electrons. The van der Waals surface area contributed by atoms with Crippen molar-refractivity contribution < 1.29 is 0 Å². The number of hydrogen-bond acceptors (Lipinski definition) is 1. The van der Waals surface area contributed by atoms with Gasteiger partial charge in [0, 0.05) is 11.7 Å². The van der Waals surface area contributed by atoms with Crippen LogP contribution in [0.4, 0.5) is 0 Å². The molecule has 0 rings (SSSR count). The van der Waals surface area contributed by atoms with E-state index in [4.69, 9.17) is 0 Å². The predicted octanol–water partition coefficient (Wildman–Crippen LogP) is 3.24. The van der Waals surface area contributed by atoms with Crippen LogP contribution in [0.2, 0.25) is 0 Å². The van der Waals surface area contributed by atoms with Gasteiger partial charge in [0.05, 0.1) is 0 Å². The molecule has 70 valence electrons. The highest BCUT2D eigenvalue weighted by atomic mass is 14.9. The zero-order valence-electron chi connectivity index (χ0n) is 8.61. The Morgan fingerprint density at radius 1 is 1.33 bits per heavy atom. The van der Waals surface area contributed by atoms with Crippen LogP contribution >= 0.6 is 0 Å². The molecule has 0 amide bonds. The molecule has 0 saturated heterocycles. The van der Waals surface area contributed by atoms with Gasteiger partial charge in [-0.2, -0.15) is 0 Å². The van der Waals surface area contributed by atoms with Gasteiger partial charge in [0.25, 0.3) is 0 Å². The third-order valence-corrected chi connectivity index (χ3v) is 2.02. The van der Waals surface area contributed by atoms with Crippen molar-refractivity contribution in [2.24, 2.45) is 0 Å². The first-order valence-electron chi connectivity index (χ1n) is 4.73. The second-order valence-electron chi connectivity index (χ2n) is 3.30. The lowest BCUT2D eigenvalue weighted by Crippen LogP contribution is -2.27. The average molecular weight is 167 g/mol. The fourth-order valence-electron chi connectivity index (χ4n) is 1.10. The minimum Gasteiger partial charge on any atom is -0.383 e. The van der Waals surface area contributed by atoms with E-state index in [1.807, 2.05) is 6.92 Å². The van der Waals surface area contributed by atoms with Crippen molar-refractivity contribution in [1.82, 2.24) is 5.32 Å². The molecule has 12 heavy (non-hydrogen) atoms. The van der Waals surface area contributed by atoms with Crippen LogP contribution in [0.1, 0.15) is 40.0 Å². The molecule has 0 aliphatic rings. The largest absolute Gasteiger partial charge is 0.383 e. The summed E-state index contributed by atoms with van der Waals surface area (Å²) in [5.74, 6) is 0. The van der Waals surface area contributed by atoms with Gasteiger partial charge in [0.2, 0.25) is 0 Å². The Hall–Kier alpha value is -0.720. The first-order valence-corrected chi connectivity index (χ1v) is 4.73. The van der Waals surface area contributed by atoms with Crippen molar-refractivity contribution in [3.8, 4) is 0 Å². The van der Waals surface area contributed by atoms with Gasteiger partial charge < -0.3 is 5.32 Å². The summed E-state index contributed by atoms with van der Waals surface area (Å²) < 4.78 is 0. The van der Waals surface area contributed by atoms with Gasteiger partial charge >= 0.3 is 0 Å². The third kappa shape index (κ3) is 4.22. The van der Waals surface area contributed by atoms with Gasteiger partial charge in [-0.1, -0.05) is 33.4 Å². The third-order valence-electron chi connectivity index (χ3n) is 2.02. The van der Waals surface area contributed by atoms with Gasteiger partial charge in [0.15, 0.2) is 0 Å². The normalized spacial score (nSPS) is 12.2. The number of hydrogen-bond donors (Lipinski definition) is 1. The van der Waals surface area contributed by atoms with E-state index in [-0.39, 0.29) is 0 Å². The molecule has 1 unspecified atom stereocenters. The number of nitrogens with one attached hydrogen (secondary N) is 1. The lowest BCUT2D eigenvalue weighted by Gasteiger charge is -2.19. The van der Waals surface area contributed by atoms with E-state index in [1.165, 1.54) is 12.8 Å². The Labute approximate surface area is 76.6 Å². The zero-order chi connectivity index (χ0) is 9.56. The highest BCUT2D eigenvalue weighted by Gasteiger charge is 2.04. The Bertz CT molecular complexity index is 158. The maximum Gasteiger partial charge on any atom is 0.0293 e. The molecule has 1 heteroatoms. The average Bonchev–Trinajstić information content (AvgIpc) is 2.03. The Balaban J connectivity index is 3.85. The monoisotopic (exact) mass is 167 g/mol. The van der Waals surface area contributed by atoms with E-state index in [0.717, 1.165) is 17.7 Å². The van der Waals surface area contributed by atoms with Gasteiger partial charge in [0.1, 0.15) is 0 Å². The quantitative estimate of drug-likeness (QED) is 0.599. The summed E-state index contributed by atoms with van der Waals surface area (Å²) in [6.07, 6.45) is 3.58. The highest BCUT2D eigenvalue weighted by Crippen LogP contribution is 2.06. The van der Waals surface area contributed by atoms with Crippen molar-refractivity contribution in [3.63, 3.8) is 0 Å². The summed E-state index contributed by atoms with van der Waals surface area (Å²) in [7, 11) is 0. The second kappa shape index (κ2) is 5.87. The van der Waals surface area contributed by atoms with Crippen molar-refractivity contribution >= 4 is 0 Å². The van der Waals surface area contributed by atoms with Gasteiger partial charge in [-0.25, -0.2) is 0 Å². The summed E-state index contributed by atoms with van der Waals surface area (Å²) >= 11 is 0. The van der Waals surface area contributed by atoms with Crippen LogP contribution in [0.3, 0.4) is 0 Å². The van der Waals surface area contributed by atoms with Crippen LogP contribution in [0, 0.1) is 0 Å². The molecular formula is C11H21N. The smallest absolute Gasteiger partial charge is 0.0293 e. The van der Waals surface area contributed by atoms with E-state index in [1.54, 1.807) is 0 Å². The maximum absolute atomic E-state index is 3.91. The zero-order valence-corrected chi connectivity index (χ0v) is 8.61. The minimum atomic E-state index is 0.569. The van der Waals surface area contributed by atoms with Crippen LogP contribution < -0.4 is 5.32 Å². The summed E-state index contributed by atoms with van der Waals surface area (Å²) in [5, 5.41) is 3.37. The SMILES string of the molecule is C=C(C)C(=C)NC(CC)CCC. The predicted molar refractivity (Wildman–Crippen MR) is 56.1 cm³/mol. The van der Waals surface area contributed by atoms with Crippen LogP contribution in [0.15, 0.2) is 24.4 Å². The van der Waals surface area contributed by atoms with Crippen molar-refractivity contribution in [2.45, 2.75) is 46.1 Å². The summed E-state index contributed by atoms with van der Waals surface area (Å²) in [6.45, 7) is 14.1. The molecule has 1 nitrogen and oxygen atoms in total. The molecule has 0 aromatic heterocycles. The molecular weight excluding hydrogens is 146 g/mol. The van der Waals surface area contributed by atoms with Crippen LogP contribution in [-0.4, -0.2) is 6.04 Å². The Morgan fingerprint density at radius 2 is 1.92 bits per heavy atom. The lowest BCUT2D eigenvalue weighted by molar-refractivity contribution is 0.509. The van der Waals surface area contributed by atoms with Gasteiger partial charge in [-0.15, -0.1) is 0 Å². The summed E-state index contributed by atoms with van der Waals surface area (Å²) in [5.41, 5.74) is 2.01. The molecule has 1 N–H and O–H groups in total. The molecule has 0 aliphatic heterocycles. The first kappa shape index (κ1) is 11.3. The van der Waals surface area contributed by atoms with E-state index in [0.29, 0.717) is 6.04 Å². The second-order valence-corrected chi connectivity index (χ2v) is 3.30. The first-order chi connectivity index (χ1) is 5.61. The standard InChI is InChI=1S/C11H21N/c1-6-8-11(7-2)12-10(5)9(3)4/h11-12H,3,5-8H2,1-2,4H3. The Morgan fingerprint density at radius 3 is 2.25 bits per heavy atom. The van der Waals surface area contributed by atoms with Crippen molar-refractivity contribution in [3.05, 3.63) is 24.4 Å². The molecule has 0 heterocycles. The van der Waals surface area contributed by atoms with Crippen LogP contribution in [0.25, 0.3) is 0 Å². The van der Waals surface area contributed by atoms with E-state index >= 15 is 0 Å². The number of rotatable bonds is 6. The lowest BCUT2D eigenvalue weighted by atomic mass is 10.1.